The highest BCUT2D eigenvalue weighted by molar-refractivity contribution is 5.23. The van der Waals surface area contributed by atoms with E-state index in [4.69, 9.17) is 0 Å². The first-order valence-electron chi connectivity index (χ1n) is 14.8. The lowest BCUT2D eigenvalue weighted by Crippen LogP contribution is -2.00. The van der Waals surface area contributed by atoms with E-state index in [1.807, 2.05) is 0 Å². The zero-order chi connectivity index (χ0) is 23.1. The van der Waals surface area contributed by atoms with Gasteiger partial charge >= 0.3 is 0 Å². The van der Waals surface area contributed by atoms with E-state index in [9.17, 15) is 0 Å². The molecular formula is C32H58. The van der Waals surface area contributed by atoms with Gasteiger partial charge in [-0.15, -0.1) is 0 Å². The molecule has 0 nitrogen and oxygen atoms in total. The molecule has 0 saturated carbocycles. The van der Waals surface area contributed by atoms with Crippen molar-refractivity contribution in [3.05, 3.63) is 35.4 Å². The van der Waals surface area contributed by atoms with E-state index in [0.717, 1.165) is 5.92 Å². The standard InChI is InChI=1S/C32H58/c1-4-6-8-10-12-14-15-16-17-19-21-23-30(3)29-32-27-25-31(26-28-32)24-22-20-18-13-11-9-7-5-2/h25-28,30H,4-24,29H2,1-3H3. The average molecular weight is 443 g/mol. The molecular weight excluding hydrogens is 384 g/mol. The van der Waals surface area contributed by atoms with Gasteiger partial charge in [-0.1, -0.05) is 167 Å². The van der Waals surface area contributed by atoms with Crippen LogP contribution in [0.25, 0.3) is 0 Å². The van der Waals surface area contributed by atoms with Gasteiger partial charge < -0.3 is 0 Å². The van der Waals surface area contributed by atoms with Crippen LogP contribution in [-0.4, -0.2) is 0 Å². The Morgan fingerprint density at radius 3 is 1.31 bits per heavy atom. The minimum absolute atomic E-state index is 0.826. The van der Waals surface area contributed by atoms with Gasteiger partial charge in [0.15, 0.2) is 0 Å². The fraction of sp³-hybridized carbons (Fsp3) is 0.812. The number of hydrogen-bond donors (Lipinski definition) is 0. The van der Waals surface area contributed by atoms with E-state index < -0.39 is 0 Å². The van der Waals surface area contributed by atoms with Gasteiger partial charge in [0.05, 0.1) is 0 Å². The van der Waals surface area contributed by atoms with Gasteiger partial charge in [0.1, 0.15) is 0 Å². The Hall–Kier alpha value is -0.780. The van der Waals surface area contributed by atoms with Gasteiger partial charge in [-0.25, -0.2) is 0 Å². The van der Waals surface area contributed by atoms with Crippen molar-refractivity contribution in [2.75, 3.05) is 0 Å². The van der Waals surface area contributed by atoms with Crippen LogP contribution in [0.5, 0.6) is 0 Å². The maximum Gasteiger partial charge on any atom is -0.0253 e. The molecule has 0 aliphatic heterocycles. The van der Waals surface area contributed by atoms with Crippen LogP contribution in [0, 0.1) is 5.92 Å². The van der Waals surface area contributed by atoms with Gasteiger partial charge in [-0.2, -0.15) is 0 Å². The van der Waals surface area contributed by atoms with Crippen LogP contribution in [-0.2, 0) is 12.8 Å². The van der Waals surface area contributed by atoms with E-state index in [1.165, 1.54) is 147 Å². The largest absolute Gasteiger partial charge is 0.0654 e. The van der Waals surface area contributed by atoms with Crippen molar-refractivity contribution in [3.63, 3.8) is 0 Å². The third-order valence-electron chi connectivity index (χ3n) is 7.23. The quantitative estimate of drug-likeness (QED) is 0.148. The van der Waals surface area contributed by atoms with Crippen LogP contribution < -0.4 is 0 Å². The molecule has 0 bridgehead atoms. The lowest BCUT2D eigenvalue weighted by molar-refractivity contribution is 0.477. The second-order valence-electron chi connectivity index (χ2n) is 10.7. The van der Waals surface area contributed by atoms with Crippen molar-refractivity contribution in [2.24, 2.45) is 5.92 Å². The third-order valence-corrected chi connectivity index (χ3v) is 7.23. The highest BCUT2D eigenvalue weighted by Crippen LogP contribution is 2.18. The van der Waals surface area contributed by atoms with E-state index in [2.05, 4.69) is 45.0 Å². The molecule has 0 radical (unpaired) electrons. The van der Waals surface area contributed by atoms with Gasteiger partial charge in [0.25, 0.3) is 0 Å². The molecule has 0 fully saturated rings. The molecule has 0 aliphatic rings. The Kier molecular flexibility index (Phi) is 20.1. The second-order valence-corrected chi connectivity index (χ2v) is 10.7. The van der Waals surface area contributed by atoms with Crippen LogP contribution >= 0.6 is 0 Å². The van der Waals surface area contributed by atoms with E-state index in [0.29, 0.717) is 0 Å². The number of aryl methyl sites for hydroxylation is 1. The van der Waals surface area contributed by atoms with Crippen LogP contribution in [0.1, 0.15) is 160 Å². The topological polar surface area (TPSA) is 0 Å². The van der Waals surface area contributed by atoms with Crippen molar-refractivity contribution < 1.29 is 0 Å². The smallest absolute Gasteiger partial charge is 0.0253 e. The van der Waals surface area contributed by atoms with Gasteiger partial charge in [0, 0.05) is 0 Å². The van der Waals surface area contributed by atoms with E-state index in [1.54, 1.807) is 5.56 Å². The zero-order valence-electron chi connectivity index (χ0n) is 22.4. The molecule has 1 unspecified atom stereocenters. The van der Waals surface area contributed by atoms with Crippen molar-refractivity contribution >= 4 is 0 Å². The van der Waals surface area contributed by atoms with Crippen molar-refractivity contribution in [1.82, 2.24) is 0 Å². The Morgan fingerprint density at radius 1 is 0.469 bits per heavy atom. The number of rotatable bonds is 23. The van der Waals surface area contributed by atoms with Gasteiger partial charge in [0.2, 0.25) is 0 Å². The summed E-state index contributed by atoms with van der Waals surface area (Å²) in [6, 6.07) is 9.59. The van der Waals surface area contributed by atoms with Crippen LogP contribution in [0.3, 0.4) is 0 Å². The van der Waals surface area contributed by atoms with Crippen molar-refractivity contribution in [2.45, 2.75) is 162 Å². The number of benzene rings is 1. The normalized spacial score (nSPS) is 12.3. The first kappa shape index (κ1) is 29.3. The van der Waals surface area contributed by atoms with Crippen molar-refractivity contribution in [3.8, 4) is 0 Å². The predicted molar refractivity (Wildman–Crippen MR) is 147 cm³/mol. The SMILES string of the molecule is CCCCCCCCCCCCCC(C)Cc1ccc(CCCCCCCCCC)cc1. The maximum atomic E-state index is 2.45. The van der Waals surface area contributed by atoms with Gasteiger partial charge in [-0.05, 0) is 36.3 Å². The monoisotopic (exact) mass is 442 g/mol. The fourth-order valence-corrected chi connectivity index (χ4v) is 4.97. The lowest BCUT2D eigenvalue weighted by Gasteiger charge is -2.12. The highest BCUT2D eigenvalue weighted by atomic mass is 14.1. The number of hydrogen-bond acceptors (Lipinski definition) is 0. The molecule has 1 aromatic carbocycles. The summed E-state index contributed by atoms with van der Waals surface area (Å²) < 4.78 is 0. The molecule has 32 heavy (non-hydrogen) atoms. The summed E-state index contributed by atoms with van der Waals surface area (Å²) in [6.07, 6.45) is 31.1. The maximum absolute atomic E-state index is 2.45. The predicted octanol–water partition coefficient (Wildman–Crippen LogP) is 11.2. The molecule has 1 rings (SSSR count). The molecule has 0 aliphatic carbocycles. The van der Waals surface area contributed by atoms with Crippen LogP contribution in [0.15, 0.2) is 24.3 Å². The van der Waals surface area contributed by atoms with E-state index >= 15 is 0 Å². The molecule has 1 atom stereocenters. The molecule has 0 amide bonds. The number of unbranched alkanes of at least 4 members (excludes halogenated alkanes) is 17. The van der Waals surface area contributed by atoms with Crippen LogP contribution in [0.2, 0.25) is 0 Å². The average Bonchev–Trinajstić information content (AvgIpc) is 2.80. The van der Waals surface area contributed by atoms with E-state index in [-0.39, 0.29) is 0 Å². The second kappa shape index (κ2) is 22.0. The summed E-state index contributed by atoms with van der Waals surface area (Å²) in [5.41, 5.74) is 3.08. The Labute approximate surface area is 203 Å². The minimum atomic E-state index is 0.826. The molecule has 0 aromatic heterocycles. The Bertz CT molecular complexity index is 485. The third kappa shape index (κ3) is 17.7. The molecule has 0 saturated heterocycles. The Balaban J connectivity index is 1.98. The molecule has 0 N–H and O–H groups in total. The van der Waals surface area contributed by atoms with Gasteiger partial charge in [-0.3, -0.25) is 0 Å². The summed E-state index contributed by atoms with van der Waals surface area (Å²) in [6.45, 7) is 7.05. The minimum Gasteiger partial charge on any atom is -0.0654 e. The molecule has 0 spiro atoms. The Morgan fingerprint density at radius 2 is 0.844 bits per heavy atom. The summed E-state index contributed by atoms with van der Waals surface area (Å²) in [5, 5.41) is 0. The summed E-state index contributed by atoms with van der Waals surface area (Å²) >= 11 is 0. The summed E-state index contributed by atoms with van der Waals surface area (Å²) in [5.74, 6) is 0.826. The first-order chi connectivity index (χ1) is 15.8. The first-order valence-corrected chi connectivity index (χ1v) is 14.8. The molecule has 0 heteroatoms. The lowest BCUT2D eigenvalue weighted by atomic mass is 9.94. The van der Waals surface area contributed by atoms with Crippen molar-refractivity contribution in [1.29, 1.82) is 0 Å². The van der Waals surface area contributed by atoms with Crippen LogP contribution in [0.4, 0.5) is 0 Å². The molecule has 1 aromatic rings. The summed E-state index contributed by atoms with van der Waals surface area (Å²) in [4.78, 5) is 0. The molecule has 0 heterocycles. The zero-order valence-corrected chi connectivity index (χ0v) is 22.4. The summed E-state index contributed by atoms with van der Waals surface area (Å²) in [7, 11) is 0. The highest BCUT2D eigenvalue weighted by Gasteiger charge is 2.04. The fourth-order valence-electron chi connectivity index (χ4n) is 4.97. The molecule has 186 valence electrons.